The van der Waals surface area contributed by atoms with E-state index in [-0.39, 0.29) is 6.03 Å². The first-order chi connectivity index (χ1) is 7.84. The SMILES string of the molecule is O=C(NCC1CCCCN1)NC1CCCS1. The highest BCUT2D eigenvalue weighted by Gasteiger charge is 2.18. The van der Waals surface area contributed by atoms with E-state index < -0.39 is 0 Å². The highest BCUT2D eigenvalue weighted by atomic mass is 32.2. The quantitative estimate of drug-likeness (QED) is 0.700. The number of carbonyl (C=O) groups is 1. The van der Waals surface area contributed by atoms with Crippen molar-refractivity contribution >= 4 is 17.8 Å². The molecule has 16 heavy (non-hydrogen) atoms. The molecule has 0 bridgehead atoms. The van der Waals surface area contributed by atoms with Crippen molar-refractivity contribution in [3.63, 3.8) is 0 Å². The van der Waals surface area contributed by atoms with E-state index in [1.54, 1.807) is 0 Å². The molecular weight excluding hydrogens is 222 g/mol. The second-order valence-electron chi connectivity index (χ2n) is 4.50. The van der Waals surface area contributed by atoms with Gasteiger partial charge in [0.15, 0.2) is 0 Å². The maximum absolute atomic E-state index is 11.6. The van der Waals surface area contributed by atoms with Crippen LogP contribution in [0.3, 0.4) is 0 Å². The number of piperidine rings is 1. The monoisotopic (exact) mass is 243 g/mol. The minimum Gasteiger partial charge on any atom is -0.337 e. The van der Waals surface area contributed by atoms with Crippen LogP contribution in [-0.2, 0) is 0 Å². The summed E-state index contributed by atoms with van der Waals surface area (Å²) in [4.78, 5) is 11.6. The standard InChI is InChI=1S/C11H21N3OS/c15-11(14-10-5-3-7-16-10)13-8-9-4-1-2-6-12-9/h9-10,12H,1-8H2,(H2,13,14,15). The van der Waals surface area contributed by atoms with Crippen LogP contribution in [0, 0.1) is 0 Å². The van der Waals surface area contributed by atoms with Crippen molar-refractivity contribution in [2.75, 3.05) is 18.8 Å². The summed E-state index contributed by atoms with van der Waals surface area (Å²) in [5.74, 6) is 1.18. The average molecular weight is 243 g/mol. The van der Waals surface area contributed by atoms with Crippen molar-refractivity contribution in [2.24, 2.45) is 0 Å². The lowest BCUT2D eigenvalue weighted by Gasteiger charge is -2.24. The number of hydrogen-bond donors (Lipinski definition) is 3. The van der Waals surface area contributed by atoms with E-state index in [0.717, 1.165) is 19.5 Å². The Balaban J connectivity index is 1.59. The molecule has 2 unspecified atom stereocenters. The highest BCUT2D eigenvalue weighted by molar-refractivity contribution is 8.00. The Kier molecular flexibility index (Phi) is 4.78. The van der Waals surface area contributed by atoms with Crippen molar-refractivity contribution in [3.8, 4) is 0 Å². The third-order valence-corrected chi connectivity index (χ3v) is 4.42. The fourth-order valence-electron chi connectivity index (χ4n) is 2.20. The van der Waals surface area contributed by atoms with Gasteiger partial charge in [-0.1, -0.05) is 6.42 Å². The highest BCUT2D eigenvalue weighted by Crippen LogP contribution is 2.23. The molecule has 0 spiro atoms. The molecule has 2 aliphatic heterocycles. The zero-order chi connectivity index (χ0) is 11.2. The number of amides is 2. The number of thioether (sulfide) groups is 1. The number of hydrogen-bond acceptors (Lipinski definition) is 3. The van der Waals surface area contributed by atoms with Crippen LogP contribution in [0.4, 0.5) is 4.79 Å². The van der Waals surface area contributed by atoms with E-state index in [9.17, 15) is 4.79 Å². The predicted octanol–water partition coefficient (Wildman–Crippen LogP) is 1.28. The summed E-state index contributed by atoms with van der Waals surface area (Å²) in [6.07, 6.45) is 6.05. The topological polar surface area (TPSA) is 53.2 Å². The average Bonchev–Trinajstić information content (AvgIpc) is 2.81. The van der Waals surface area contributed by atoms with E-state index in [2.05, 4.69) is 16.0 Å². The lowest BCUT2D eigenvalue weighted by Crippen LogP contribution is -2.47. The number of urea groups is 1. The van der Waals surface area contributed by atoms with Gasteiger partial charge in [-0.05, 0) is 38.0 Å². The molecule has 0 aliphatic carbocycles. The summed E-state index contributed by atoms with van der Waals surface area (Å²) >= 11 is 1.84. The van der Waals surface area contributed by atoms with Crippen LogP contribution in [0.15, 0.2) is 0 Å². The van der Waals surface area contributed by atoms with Gasteiger partial charge in [0.2, 0.25) is 0 Å². The van der Waals surface area contributed by atoms with Crippen LogP contribution in [0.25, 0.3) is 0 Å². The Morgan fingerprint density at radius 3 is 2.94 bits per heavy atom. The second-order valence-corrected chi connectivity index (χ2v) is 5.81. The van der Waals surface area contributed by atoms with Gasteiger partial charge in [0.25, 0.3) is 0 Å². The van der Waals surface area contributed by atoms with Crippen molar-refractivity contribution in [2.45, 2.75) is 43.5 Å². The molecule has 0 radical (unpaired) electrons. The number of nitrogens with one attached hydrogen (secondary N) is 3. The van der Waals surface area contributed by atoms with Crippen LogP contribution >= 0.6 is 11.8 Å². The summed E-state index contributed by atoms with van der Waals surface area (Å²) in [5.41, 5.74) is 0. The van der Waals surface area contributed by atoms with Crippen LogP contribution < -0.4 is 16.0 Å². The molecule has 2 atom stereocenters. The summed E-state index contributed by atoms with van der Waals surface area (Å²) in [6.45, 7) is 1.84. The molecule has 4 nitrogen and oxygen atoms in total. The van der Waals surface area contributed by atoms with Gasteiger partial charge in [0.1, 0.15) is 0 Å². The molecule has 0 saturated carbocycles. The van der Waals surface area contributed by atoms with Gasteiger partial charge in [-0.15, -0.1) is 11.8 Å². The van der Waals surface area contributed by atoms with E-state index in [4.69, 9.17) is 0 Å². The Bertz CT molecular complexity index is 225. The minimum atomic E-state index is -0.00762. The molecule has 92 valence electrons. The van der Waals surface area contributed by atoms with Crippen LogP contribution in [0.5, 0.6) is 0 Å². The molecule has 2 heterocycles. The van der Waals surface area contributed by atoms with Gasteiger partial charge in [0.05, 0.1) is 5.37 Å². The lowest BCUT2D eigenvalue weighted by molar-refractivity contribution is 0.237. The van der Waals surface area contributed by atoms with E-state index >= 15 is 0 Å². The van der Waals surface area contributed by atoms with Crippen LogP contribution in [-0.4, -0.2) is 36.3 Å². The molecule has 3 N–H and O–H groups in total. The lowest BCUT2D eigenvalue weighted by atomic mass is 10.1. The third kappa shape index (κ3) is 3.87. The normalized spacial score (nSPS) is 30.0. The van der Waals surface area contributed by atoms with Gasteiger partial charge < -0.3 is 16.0 Å². The maximum atomic E-state index is 11.6. The number of rotatable bonds is 3. The first-order valence-electron chi connectivity index (χ1n) is 6.24. The fraction of sp³-hybridized carbons (Fsp3) is 0.909. The van der Waals surface area contributed by atoms with Gasteiger partial charge in [-0.3, -0.25) is 0 Å². The van der Waals surface area contributed by atoms with E-state index in [1.807, 2.05) is 11.8 Å². The smallest absolute Gasteiger partial charge is 0.315 e. The Morgan fingerprint density at radius 2 is 2.25 bits per heavy atom. The maximum Gasteiger partial charge on any atom is 0.315 e. The number of carbonyl (C=O) groups excluding carboxylic acids is 1. The van der Waals surface area contributed by atoms with Gasteiger partial charge in [0, 0.05) is 12.6 Å². The third-order valence-electron chi connectivity index (χ3n) is 3.14. The Labute approximate surface area is 101 Å². The molecule has 2 fully saturated rings. The molecular formula is C11H21N3OS. The van der Waals surface area contributed by atoms with Gasteiger partial charge in [-0.2, -0.15) is 0 Å². The van der Waals surface area contributed by atoms with Crippen molar-refractivity contribution in [3.05, 3.63) is 0 Å². The van der Waals surface area contributed by atoms with Crippen molar-refractivity contribution < 1.29 is 4.79 Å². The molecule has 2 amide bonds. The van der Waals surface area contributed by atoms with Gasteiger partial charge >= 0.3 is 6.03 Å². The molecule has 5 heteroatoms. The van der Waals surface area contributed by atoms with Crippen LogP contribution in [0.2, 0.25) is 0 Å². The Morgan fingerprint density at radius 1 is 1.31 bits per heavy atom. The van der Waals surface area contributed by atoms with E-state index in [0.29, 0.717) is 11.4 Å². The van der Waals surface area contributed by atoms with Crippen LogP contribution in [0.1, 0.15) is 32.1 Å². The Hall–Kier alpha value is -0.420. The molecule has 2 rings (SSSR count). The van der Waals surface area contributed by atoms with E-state index in [1.165, 1.54) is 31.4 Å². The van der Waals surface area contributed by atoms with Gasteiger partial charge in [-0.25, -0.2) is 4.79 Å². The minimum absolute atomic E-state index is 0.00762. The predicted molar refractivity (Wildman–Crippen MR) is 67.7 cm³/mol. The summed E-state index contributed by atoms with van der Waals surface area (Å²) in [5, 5.41) is 9.71. The molecule has 0 aromatic heterocycles. The summed E-state index contributed by atoms with van der Waals surface area (Å²) in [7, 11) is 0. The fourth-order valence-corrected chi connectivity index (χ4v) is 3.34. The van der Waals surface area contributed by atoms with Crippen molar-refractivity contribution in [1.29, 1.82) is 0 Å². The summed E-state index contributed by atoms with van der Waals surface area (Å²) < 4.78 is 0. The van der Waals surface area contributed by atoms with Crippen molar-refractivity contribution in [1.82, 2.24) is 16.0 Å². The zero-order valence-electron chi connectivity index (χ0n) is 9.63. The summed E-state index contributed by atoms with van der Waals surface area (Å²) in [6, 6.07) is 0.461. The molecule has 0 aromatic rings. The first-order valence-corrected chi connectivity index (χ1v) is 7.29. The second kappa shape index (κ2) is 6.35. The molecule has 0 aromatic carbocycles. The molecule has 2 saturated heterocycles. The zero-order valence-corrected chi connectivity index (χ0v) is 10.4. The largest absolute Gasteiger partial charge is 0.337 e. The first kappa shape index (κ1) is 12.0. The molecule has 2 aliphatic rings.